The van der Waals surface area contributed by atoms with Gasteiger partial charge in [-0.05, 0) is 12.1 Å². The minimum atomic E-state index is -3.68. The van der Waals surface area contributed by atoms with Crippen molar-refractivity contribution in [3.8, 4) is 0 Å². The summed E-state index contributed by atoms with van der Waals surface area (Å²) in [4.78, 5) is 2.12. The lowest BCUT2D eigenvalue weighted by atomic mass is 10.3. The van der Waals surface area contributed by atoms with E-state index in [1.165, 1.54) is 16.4 Å². The van der Waals surface area contributed by atoms with E-state index >= 15 is 0 Å². The highest BCUT2D eigenvalue weighted by atomic mass is 79.9. The van der Waals surface area contributed by atoms with Crippen LogP contribution >= 0.6 is 39.1 Å². The summed E-state index contributed by atoms with van der Waals surface area (Å²) < 4.78 is 27.5. The van der Waals surface area contributed by atoms with Gasteiger partial charge in [0.15, 0.2) is 0 Å². The number of hydrogen-bond acceptors (Lipinski definition) is 3. The van der Waals surface area contributed by atoms with Crippen LogP contribution in [0, 0.1) is 0 Å². The monoisotopic (exact) mass is 412 g/mol. The van der Waals surface area contributed by atoms with E-state index in [0.717, 1.165) is 6.54 Å². The summed E-state index contributed by atoms with van der Waals surface area (Å²) in [7, 11) is -3.68. The largest absolute Gasteiger partial charge is 0.297 e. The average Bonchev–Trinajstić information content (AvgIpc) is 2.38. The Bertz CT molecular complexity index is 621. The molecule has 1 heterocycles. The van der Waals surface area contributed by atoms with Crippen molar-refractivity contribution in [2.24, 2.45) is 0 Å². The molecule has 2 rings (SSSR count). The first kappa shape index (κ1) is 17.2. The highest BCUT2D eigenvalue weighted by molar-refractivity contribution is 9.10. The lowest BCUT2D eigenvalue weighted by Crippen LogP contribution is -2.48. The Morgan fingerprint density at radius 2 is 1.71 bits per heavy atom. The molecule has 0 unspecified atom stereocenters. The highest BCUT2D eigenvalue weighted by Crippen LogP contribution is 2.34. The molecule has 1 aliphatic heterocycles. The van der Waals surface area contributed by atoms with Gasteiger partial charge >= 0.3 is 0 Å². The van der Waals surface area contributed by atoms with E-state index < -0.39 is 10.0 Å². The van der Waals surface area contributed by atoms with E-state index in [1.54, 1.807) is 0 Å². The molecule has 1 saturated heterocycles. The maximum absolute atomic E-state index is 12.7. The van der Waals surface area contributed by atoms with Gasteiger partial charge in [-0.15, -0.1) is 6.58 Å². The Morgan fingerprint density at radius 1 is 1.19 bits per heavy atom. The van der Waals surface area contributed by atoms with Crippen molar-refractivity contribution in [2.45, 2.75) is 4.90 Å². The first-order chi connectivity index (χ1) is 9.86. The Labute approximate surface area is 143 Å². The number of nitrogens with zero attached hydrogens (tertiary/aromatic N) is 2. The predicted octanol–water partition coefficient (Wildman–Crippen LogP) is 3.25. The smallest absolute Gasteiger partial charge is 0.246 e. The van der Waals surface area contributed by atoms with Gasteiger partial charge in [0.05, 0.1) is 10.0 Å². The first-order valence-electron chi connectivity index (χ1n) is 6.34. The Hall–Kier alpha value is -0.110. The van der Waals surface area contributed by atoms with Crippen molar-refractivity contribution in [2.75, 3.05) is 32.7 Å². The highest BCUT2D eigenvalue weighted by Gasteiger charge is 2.31. The van der Waals surface area contributed by atoms with Crippen molar-refractivity contribution < 1.29 is 8.42 Å². The molecule has 0 radical (unpaired) electrons. The van der Waals surface area contributed by atoms with Crippen LogP contribution in [-0.4, -0.2) is 50.3 Å². The molecule has 1 fully saturated rings. The summed E-state index contributed by atoms with van der Waals surface area (Å²) in [6.07, 6.45) is 1.81. The molecule has 0 amide bonds. The third-order valence-corrected chi connectivity index (χ3v) is 6.56. The van der Waals surface area contributed by atoms with Gasteiger partial charge in [0.1, 0.15) is 4.90 Å². The van der Waals surface area contributed by atoms with Gasteiger partial charge in [0.2, 0.25) is 10.0 Å². The molecule has 4 nitrogen and oxygen atoms in total. The normalized spacial score (nSPS) is 17.9. The lowest BCUT2D eigenvalue weighted by Gasteiger charge is -2.33. The fourth-order valence-corrected chi connectivity index (χ4v) is 5.55. The van der Waals surface area contributed by atoms with Crippen LogP contribution in [0.5, 0.6) is 0 Å². The van der Waals surface area contributed by atoms with Crippen LogP contribution in [0.1, 0.15) is 0 Å². The molecular formula is C13H15BrCl2N2O2S. The molecule has 0 aromatic heterocycles. The van der Waals surface area contributed by atoms with Crippen LogP contribution in [0.25, 0.3) is 0 Å². The summed E-state index contributed by atoms with van der Waals surface area (Å²) in [6.45, 7) is 6.60. The Balaban J connectivity index is 2.26. The zero-order valence-corrected chi connectivity index (χ0v) is 15.1. The molecule has 116 valence electrons. The molecule has 1 aliphatic rings. The van der Waals surface area contributed by atoms with Crippen LogP contribution in [0.2, 0.25) is 10.0 Å². The zero-order chi connectivity index (χ0) is 15.6. The van der Waals surface area contributed by atoms with Crippen LogP contribution < -0.4 is 0 Å². The predicted molar refractivity (Wildman–Crippen MR) is 89.6 cm³/mol. The summed E-state index contributed by atoms with van der Waals surface area (Å²) in [6, 6.07) is 3.07. The van der Waals surface area contributed by atoms with Gasteiger partial charge in [-0.1, -0.05) is 45.2 Å². The van der Waals surface area contributed by atoms with Crippen molar-refractivity contribution in [3.05, 3.63) is 39.3 Å². The minimum Gasteiger partial charge on any atom is -0.297 e. The molecule has 0 spiro atoms. The summed E-state index contributed by atoms with van der Waals surface area (Å²) in [5.74, 6) is 0. The van der Waals surface area contributed by atoms with Gasteiger partial charge in [-0.2, -0.15) is 4.31 Å². The molecule has 1 aromatic rings. The third kappa shape index (κ3) is 3.81. The van der Waals surface area contributed by atoms with Gasteiger partial charge in [0.25, 0.3) is 0 Å². The quantitative estimate of drug-likeness (QED) is 0.711. The number of rotatable bonds is 4. The average molecular weight is 414 g/mol. The van der Waals surface area contributed by atoms with Crippen molar-refractivity contribution in [1.82, 2.24) is 9.21 Å². The second kappa shape index (κ2) is 6.98. The van der Waals surface area contributed by atoms with E-state index in [1.807, 2.05) is 6.08 Å². The van der Waals surface area contributed by atoms with E-state index in [0.29, 0.717) is 30.7 Å². The number of benzene rings is 1. The molecular weight excluding hydrogens is 399 g/mol. The maximum atomic E-state index is 12.7. The SMILES string of the molecule is C=CCN1CCN(S(=O)(=O)c2c(Cl)cc(Br)cc2Cl)CC1. The van der Waals surface area contributed by atoms with E-state index in [2.05, 4.69) is 27.4 Å². The number of halogens is 3. The summed E-state index contributed by atoms with van der Waals surface area (Å²) in [5.41, 5.74) is 0. The second-order valence-corrected chi connectivity index (χ2v) is 8.30. The number of hydrogen-bond donors (Lipinski definition) is 0. The second-order valence-electron chi connectivity index (χ2n) is 4.69. The molecule has 21 heavy (non-hydrogen) atoms. The van der Waals surface area contributed by atoms with E-state index in [-0.39, 0.29) is 14.9 Å². The van der Waals surface area contributed by atoms with E-state index in [4.69, 9.17) is 23.2 Å². The van der Waals surface area contributed by atoms with Crippen LogP contribution in [0.3, 0.4) is 0 Å². The van der Waals surface area contributed by atoms with Gasteiger partial charge < -0.3 is 0 Å². The molecule has 0 aliphatic carbocycles. The Morgan fingerprint density at radius 3 is 2.19 bits per heavy atom. The minimum absolute atomic E-state index is 0.0220. The van der Waals surface area contributed by atoms with Crippen molar-refractivity contribution in [1.29, 1.82) is 0 Å². The van der Waals surface area contributed by atoms with Crippen molar-refractivity contribution >= 4 is 49.2 Å². The number of sulfonamides is 1. The molecule has 0 bridgehead atoms. The first-order valence-corrected chi connectivity index (χ1v) is 9.33. The summed E-state index contributed by atoms with van der Waals surface area (Å²) >= 11 is 15.4. The van der Waals surface area contributed by atoms with Crippen molar-refractivity contribution in [3.63, 3.8) is 0 Å². The standard InChI is InChI=1S/C13H15BrCl2N2O2S/c1-2-3-17-4-6-18(7-5-17)21(19,20)13-11(15)8-10(14)9-12(13)16/h2,8-9H,1,3-7H2. The topological polar surface area (TPSA) is 40.6 Å². The lowest BCUT2D eigenvalue weighted by molar-refractivity contribution is 0.204. The molecule has 0 atom stereocenters. The maximum Gasteiger partial charge on any atom is 0.246 e. The van der Waals surface area contributed by atoms with Crippen LogP contribution in [0.4, 0.5) is 0 Å². The third-order valence-electron chi connectivity index (χ3n) is 3.28. The van der Waals surface area contributed by atoms with Gasteiger partial charge in [-0.3, -0.25) is 4.90 Å². The zero-order valence-electron chi connectivity index (χ0n) is 11.2. The van der Waals surface area contributed by atoms with Crippen LogP contribution in [-0.2, 0) is 10.0 Å². The van der Waals surface area contributed by atoms with Gasteiger partial charge in [-0.25, -0.2) is 8.42 Å². The Kier molecular flexibility index (Phi) is 5.73. The number of piperazine rings is 1. The molecule has 8 heteroatoms. The van der Waals surface area contributed by atoms with Crippen LogP contribution in [0.15, 0.2) is 34.2 Å². The van der Waals surface area contributed by atoms with Gasteiger partial charge in [0, 0.05) is 37.2 Å². The summed E-state index contributed by atoms with van der Waals surface area (Å²) in [5, 5.41) is 0.255. The molecule has 1 aromatic carbocycles. The fourth-order valence-electron chi connectivity index (χ4n) is 2.24. The fraction of sp³-hybridized carbons (Fsp3) is 0.385. The molecule has 0 saturated carbocycles. The van der Waals surface area contributed by atoms with E-state index in [9.17, 15) is 8.42 Å². The molecule has 0 N–H and O–H groups in total.